The summed E-state index contributed by atoms with van der Waals surface area (Å²) in [7, 11) is 0. The second-order valence-corrected chi connectivity index (χ2v) is 3.18. The summed E-state index contributed by atoms with van der Waals surface area (Å²) in [5, 5.41) is 0. The first-order valence-electron chi connectivity index (χ1n) is 2.69. The van der Waals surface area contributed by atoms with Crippen LogP contribution in [0.5, 0.6) is 0 Å². The molecular formula is C6H7BrN2S. The molecule has 1 aromatic carbocycles. The lowest BCUT2D eigenvalue weighted by Gasteiger charge is -2.02. The van der Waals surface area contributed by atoms with Crippen molar-refractivity contribution in [3.8, 4) is 0 Å². The van der Waals surface area contributed by atoms with Crippen LogP contribution in [0.1, 0.15) is 0 Å². The molecule has 0 fully saturated rings. The Morgan fingerprint density at radius 3 is 2.70 bits per heavy atom. The number of benzene rings is 1. The van der Waals surface area contributed by atoms with E-state index in [1.54, 1.807) is 0 Å². The van der Waals surface area contributed by atoms with Crippen molar-refractivity contribution in [2.45, 2.75) is 4.90 Å². The van der Waals surface area contributed by atoms with E-state index in [0.29, 0.717) is 0 Å². The summed E-state index contributed by atoms with van der Waals surface area (Å²) in [6.07, 6.45) is 0. The third kappa shape index (κ3) is 1.65. The standard InChI is InChI=1S/C6H7BrN2S/c7-5-3-4(10)1-2-6(5)9-8/h1-3,9-10H,8H2. The molecule has 0 unspecified atom stereocenters. The Labute approximate surface area is 73.3 Å². The molecule has 0 saturated heterocycles. The van der Waals surface area contributed by atoms with Gasteiger partial charge >= 0.3 is 0 Å². The molecule has 0 aliphatic rings. The van der Waals surface area contributed by atoms with Crippen molar-refractivity contribution >= 4 is 34.2 Å². The van der Waals surface area contributed by atoms with E-state index in [-0.39, 0.29) is 0 Å². The smallest absolute Gasteiger partial charge is 0.0628 e. The maximum absolute atomic E-state index is 5.20. The van der Waals surface area contributed by atoms with E-state index in [9.17, 15) is 0 Å². The van der Waals surface area contributed by atoms with Gasteiger partial charge in [-0.15, -0.1) is 12.6 Å². The van der Waals surface area contributed by atoms with Gasteiger partial charge in [-0.2, -0.15) is 0 Å². The van der Waals surface area contributed by atoms with Crippen LogP contribution < -0.4 is 11.3 Å². The van der Waals surface area contributed by atoms with Gasteiger partial charge in [0, 0.05) is 9.37 Å². The number of anilines is 1. The molecule has 0 saturated carbocycles. The Bertz CT molecular complexity index is 239. The summed E-state index contributed by atoms with van der Waals surface area (Å²) in [6.45, 7) is 0. The Morgan fingerprint density at radius 2 is 2.20 bits per heavy atom. The predicted octanol–water partition coefficient (Wildman–Crippen LogP) is 2.02. The lowest BCUT2D eigenvalue weighted by Crippen LogP contribution is -2.06. The molecule has 0 bridgehead atoms. The van der Waals surface area contributed by atoms with Gasteiger partial charge in [-0.1, -0.05) is 0 Å². The molecule has 0 aliphatic carbocycles. The number of hydrazine groups is 1. The van der Waals surface area contributed by atoms with Gasteiger partial charge in [-0.05, 0) is 34.1 Å². The topological polar surface area (TPSA) is 38.0 Å². The maximum atomic E-state index is 5.20. The predicted molar refractivity (Wildman–Crippen MR) is 49.2 cm³/mol. The van der Waals surface area contributed by atoms with Crippen LogP contribution in [-0.4, -0.2) is 0 Å². The molecule has 0 aliphatic heterocycles. The van der Waals surface area contributed by atoms with Crippen molar-refractivity contribution in [2.75, 3.05) is 5.43 Å². The molecule has 1 aromatic rings. The Balaban J connectivity index is 3.07. The van der Waals surface area contributed by atoms with Crippen molar-refractivity contribution in [2.24, 2.45) is 5.84 Å². The molecule has 0 amide bonds. The molecule has 0 spiro atoms. The average molecular weight is 219 g/mol. The number of nitrogen functional groups attached to an aromatic ring is 1. The Morgan fingerprint density at radius 1 is 1.50 bits per heavy atom. The van der Waals surface area contributed by atoms with Crippen molar-refractivity contribution < 1.29 is 0 Å². The van der Waals surface area contributed by atoms with E-state index in [0.717, 1.165) is 15.1 Å². The molecule has 4 heteroatoms. The number of hydrogen-bond donors (Lipinski definition) is 3. The van der Waals surface area contributed by atoms with Crippen LogP contribution in [0.2, 0.25) is 0 Å². The molecule has 2 nitrogen and oxygen atoms in total. The van der Waals surface area contributed by atoms with Crippen LogP contribution in [0.3, 0.4) is 0 Å². The number of nitrogens with one attached hydrogen (secondary N) is 1. The minimum Gasteiger partial charge on any atom is -0.323 e. The van der Waals surface area contributed by atoms with Crippen LogP contribution in [-0.2, 0) is 0 Å². The van der Waals surface area contributed by atoms with Gasteiger partial charge in [0.2, 0.25) is 0 Å². The summed E-state index contributed by atoms with van der Waals surface area (Å²) in [6, 6.07) is 5.59. The quantitative estimate of drug-likeness (QED) is 0.384. The molecule has 0 atom stereocenters. The normalized spacial score (nSPS) is 9.50. The van der Waals surface area contributed by atoms with Gasteiger partial charge in [-0.25, -0.2) is 0 Å². The van der Waals surface area contributed by atoms with Gasteiger partial charge in [0.25, 0.3) is 0 Å². The molecule has 0 radical (unpaired) electrons. The van der Waals surface area contributed by atoms with E-state index >= 15 is 0 Å². The lowest BCUT2D eigenvalue weighted by atomic mass is 10.3. The second-order valence-electron chi connectivity index (χ2n) is 1.81. The molecule has 3 N–H and O–H groups in total. The fraction of sp³-hybridized carbons (Fsp3) is 0. The van der Waals surface area contributed by atoms with E-state index in [4.69, 9.17) is 5.84 Å². The summed E-state index contributed by atoms with van der Waals surface area (Å²) in [5.74, 6) is 5.20. The highest BCUT2D eigenvalue weighted by atomic mass is 79.9. The number of thiol groups is 1. The maximum Gasteiger partial charge on any atom is 0.0628 e. The van der Waals surface area contributed by atoms with Gasteiger partial charge < -0.3 is 5.43 Å². The average Bonchev–Trinajstić information content (AvgIpc) is 1.88. The molecule has 54 valence electrons. The number of rotatable bonds is 1. The third-order valence-electron chi connectivity index (χ3n) is 1.11. The fourth-order valence-electron chi connectivity index (χ4n) is 0.621. The highest BCUT2D eigenvalue weighted by Gasteiger charge is 1.95. The summed E-state index contributed by atoms with van der Waals surface area (Å²) in [5.41, 5.74) is 3.40. The monoisotopic (exact) mass is 218 g/mol. The highest BCUT2D eigenvalue weighted by Crippen LogP contribution is 2.23. The van der Waals surface area contributed by atoms with Crippen molar-refractivity contribution in [1.82, 2.24) is 0 Å². The molecule has 1 rings (SSSR count). The third-order valence-corrected chi connectivity index (χ3v) is 2.04. The van der Waals surface area contributed by atoms with Gasteiger partial charge in [0.15, 0.2) is 0 Å². The lowest BCUT2D eigenvalue weighted by molar-refractivity contribution is 1.32. The second kappa shape index (κ2) is 3.27. The van der Waals surface area contributed by atoms with E-state index in [2.05, 4.69) is 34.0 Å². The fourth-order valence-corrected chi connectivity index (χ4v) is 1.49. The largest absolute Gasteiger partial charge is 0.323 e. The molecule has 0 aromatic heterocycles. The Kier molecular flexibility index (Phi) is 2.59. The van der Waals surface area contributed by atoms with Crippen LogP contribution in [0.15, 0.2) is 27.6 Å². The minimum absolute atomic E-state index is 0.859. The molecule has 0 heterocycles. The van der Waals surface area contributed by atoms with Crippen LogP contribution >= 0.6 is 28.6 Å². The van der Waals surface area contributed by atoms with Crippen LogP contribution in [0.4, 0.5) is 5.69 Å². The summed E-state index contributed by atoms with van der Waals surface area (Å²) >= 11 is 7.46. The first-order chi connectivity index (χ1) is 4.74. The first-order valence-corrected chi connectivity index (χ1v) is 3.93. The molecular weight excluding hydrogens is 212 g/mol. The number of halogens is 1. The number of hydrogen-bond acceptors (Lipinski definition) is 3. The van der Waals surface area contributed by atoms with Gasteiger partial charge in [0.1, 0.15) is 0 Å². The summed E-state index contributed by atoms with van der Waals surface area (Å²) < 4.78 is 0.919. The van der Waals surface area contributed by atoms with Crippen LogP contribution in [0.25, 0.3) is 0 Å². The minimum atomic E-state index is 0.859. The van der Waals surface area contributed by atoms with E-state index in [1.807, 2.05) is 18.2 Å². The highest BCUT2D eigenvalue weighted by molar-refractivity contribution is 9.10. The SMILES string of the molecule is NNc1ccc(S)cc1Br. The van der Waals surface area contributed by atoms with Gasteiger partial charge in [-0.3, -0.25) is 5.84 Å². The van der Waals surface area contributed by atoms with Crippen molar-refractivity contribution in [3.05, 3.63) is 22.7 Å². The zero-order valence-electron chi connectivity index (χ0n) is 5.13. The zero-order valence-corrected chi connectivity index (χ0v) is 7.62. The zero-order chi connectivity index (χ0) is 7.56. The first kappa shape index (κ1) is 7.91. The van der Waals surface area contributed by atoms with Gasteiger partial charge in [0.05, 0.1) is 5.69 Å². The van der Waals surface area contributed by atoms with Crippen molar-refractivity contribution in [3.63, 3.8) is 0 Å². The van der Waals surface area contributed by atoms with E-state index in [1.165, 1.54) is 0 Å². The van der Waals surface area contributed by atoms with Crippen molar-refractivity contribution in [1.29, 1.82) is 0 Å². The number of nitrogens with two attached hydrogens (primary N) is 1. The summed E-state index contributed by atoms with van der Waals surface area (Å²) in [4.78, 5) is 0.908. The van der Waals surface area contributed by atoms with Crippen LogP contribution in [0, 0.1) is 0 Å². The van der Waals surface area contributed by atoms with E-state index < -0.39 is 0 Å². The Hall–Kier alpha value is -0.190. The molecule has 10 heavy (non-hydrogen) atoms.